The lowest BCUT2D eigenvalue weighted by Crippen LogP contribution is -2.36. The molecule has 2 aromatic carbocycles. The summed E-state index contributed by atoms with van der Waals surface area (Å²) in [6, 6.07) is 9.26. The molecule has 0 fully saturated rings. The molecule has 0 saturated carbocycles. The Labute approximate surface area is 177 Å². The zero-order valence-corrected chi connectivity index (χ0v) is 16.7. The van der Waals surface area contributed by atoms with Crippen molar-refractivity contribution < 1.29 is 43.2 Å². The van der Waals surface area contributed by atoms with Crippen LogP contribution in [0.5, 0.6) is 23.0 Å². The largest absolute Gasteiger partial charge is 0.465 e. The van der Waals surface area contributed by atoms with Gasteiger partial charge < -0.3 is 28.8 Å². The molecule has 9 heteroatoms. The highest BCUT2D eigenvalue weighted by atomic mass is 16.7. The molecule has 2 aliphatic heterocycles. The number of esters is 1. The Kier molecular flexibility index (Phi) is 5.77. The van der Waals surface area contributed by atoms with Gasteiger partial charge in [0.25, 0.3) is 0 Å². The maximum Gasteiger partial charge on any atom is 0.302 e. The predicted octanol–water partition coefficient (Wildman–Crippen LogP) is 2.00. The van der Waals surface area contributed by atoms with Crippen LogP contribution in [0.4, 0.5) is 0 Å². The fraction of sp³-hybridized carbons (Fsp3) is 0.318. The second kappa shape index (κ2) is 8.65. The highest BCUT2D eigenvalue weighted by molar-refractivity contribution is 6.05. The van der Waals surface area contributed by atoms with E-state index in [2.05, 4.69) is 0 Å². The lowest BCUT2D eigenvalue weighted by Gasteiger charge is -2.23. The average molecular weight is 428 g/mol. The number of carbonyl (C=O) groups is 3. The molecule has 2 atom stereocenters. The van der Waals surface area contributed by atoms with E-state index < -0.39 is 36.0 Å². The first-order valence-electron chi connectivity index (χ1n) is 9.60. The van der Waals surface area contributed by atoms with Gasteiger partial charge in [-0.25, -0.2) is 0 Å². The van der Waals surface area contributed by atoms with Crippen molar-refractivity contribution in [2.24, 2.45) is 11.8 Å². The summed E-state index contributed by atoms with van der Waals surface area (Å²) in [5, 5.41) is 10.0. The van der Waals surface area contributed by atoms with Crippen molar-refractivity contribution in [2.45, 2.75) is 6.92 Å². The van der Waals surface area contributed by atoms with E-state index in [1.807, 2.05) is 0 Å². The van der Waals surface area contributed by atoms with Crippen LogP contribution in [0.2, 0.25) is 0 Å². The van der Waals surface area contributed by atoms with Crippen molar-refractivity contribution >= 4 is 17.5 Å². The molecule has 9 nitrogen and oxygen atoms in total. The lowest BCUT2D eigenvalue weighted by molar-refractivity contribution is -0.142. The number of rotatable bonds is 8. The molecular weight excluding hydrogens is 408 g/mol. The summed E-state index contributed by atoms with van der Waals surface area (Å²) in [6.45, 7) is 0.329. The number of benzene rings is 2. The molecule has 2 aliphatic rings. The van der Waals surface area contributed by atoms with Gasteiger partial charge >= 0.3 is 5.97 Å². The summed E-state index contributed by atoms with van der Waals surface area (Å²) in [6.07, 6.45) is 0. The summed E-state index contributed by atoms with van der Waals surface area (Å²) >= 11 is 0. The molecule has 2 heterocycles. The molecule has 31 heavy (non-hydrogen) atoms. The summed E-state index contributed by atoms with van der Waals surface area (Å²) in [5.41, 5.74) is 0.493. The summed E-state index contributed by atoms with van der Waals surface area (Å²) in [4.78, 5) is 37.9. The van der Waals surface area contributed by atoms with Gasteiger partial charge in [-0.1, -0.05) is 0 Å². The number of hydrogen-bond acceptors (Lipinski definition) is 9. The van der Waals surface area contributed by atoms with Crippen molar-refractivity contribution in [1.82, 2.24) is 0 Å². The van der Waals surface area contributed by atoms with Crippen molar-refractivity contribution in [3.05, 3.63) is 47.5 Å². The molecule has 4 rings (SSSR count). The maximum absolute atomic E-state index is 13.3. The second-order valence-corrected chi connectivity index (χ2v) is 7.06. The molecule has 162 valence electrons. The molecule has 1 N–H and O–H groups in total. The number of carbonyl (C=O) groups excluding carboxylic acids is 3. The van der Waals surface area contributed by atoms with E-state index in [4.69, 9.17) is 23.7 Å². The van der Waals surface area contributed by atoms with Crippen LogP contribution in [0.25, 0.3) is 0 Å². The van der Waals surface area contributed by atoms with E-state index in [1.54, 1.807) is 12.1 Å². The normalized spacial score (nSPS) is 15.3. The number of ether oxygens (including phenoxy) is 5. The number of ketones is 2. The Hall–Kier alpha value is -3.59. The van der Waals surface area contributed by atoms with Crippen LogP contribution >= 0.6 is 0 Å². The minimum absolute atomic E-state index is 0.0473. The number of Topliss-reactive ketones (excluding diaryl/α,β-unsaturated/α-hetero) is 2. The van der Waals surface area contributed by atoms with Gasteiger partial charge in [0.15, 0.2) is 34.6 Å². The third-order valence-electron chi connectivity index (χ3n) is 5.14. The highest BCUT2D eigenvalue weighted by Crippen LogP contribution is 2.36. The smallest absolute Gasteiger partial charge is 0.302 e. The monoisotopic (exact) mass is 428 g/mol. The Balaban J connectivity index is 1.63. The molecule has 0 unspecified atom stereocenters. The fourth-order valence-electron chi connectivity index (χ4n) is 3.50. The topological polar surface area (TPSA) is 118 Å². The number of fused-ring (bicyclic) bond motifs is 2. The third-order valence-corrected chi connectivity index (χ3v) is 5.14. The predicted molar refractivity (Wildman–Crippen MR) is 104 cm³/mol. The van der Waals surface area contributed by atoms with Crippen molar-refractivity contribution in [3.63, 3.8) is 0 Å². The minimum Gasteiger partial charge on any atom is -0.465 e. The van der Waals surface area contributed by atoms with Gasteiger partial charge in [0.2, 0.25) is 13.6 Å². The van der Waals surface area contributed by atoms with Gasteiger partial charge in [0.05, 0.1) is 18.4 Å². The van der Waals surface area contributed by atoms with Gasteiger partial charge in [-0.2, -0.15) is 0 Å². The molecule has 2 aromatic rings. The maximum atomic E-state index is 13.3. The van der Waals surface area contributed by atoms with Gasteiger partial charge in [0, 0.05) is 18.1 Å². The first-order chi connectivity index (χ1) is 15.0. The van der Waals surface area contributed by atoms with Crippen LogP contribution in [0.15, 0.2) is 36.4 Å². The molecular formula is C22H20O9. The van der Waals surface area contributed by atoms with Crippen molar-refractivity contribution in [2.75, 3.05) is 26.8 Å². The van der Waals surface area contributed by atoms with E-state index in [-0.39, 0.29) is 31.3 Å². The Morgan fingerprint density at radius 3 is 1.81 bits per heavy atom. The molecule has 0 bridgehead atoms. The van der Waals surface area contributed by atoms with Gasteiger partial charge in [-0.05, 0) is 36.4 Å². The second-order valence-electron chi connectivity index (χ2n) is 7.06. The molecule has 0 spiro atoms. The van der Waals surface area contributed by atoms with Crippen LogP contribution in [-0.2, 0) is 9.53 Å². The quantitative estimate of drug-likeness (QED) is 0.497. The van der Waals surface area contributed by atoms with E-state index in [9.17, 15) is 19.5 Å². The number of aliphatic hydroxyl groups excluding tert-OH is 1. The van der Waals surface area contributed by atoms with Crippen LogP contribution in [0, 0.1) is 11.8 Å². The first-order valence-corrected chi connectivity index (χ1v) is 9.60. The van der Waals surface area contributed by atoms with Gasteiger partial charge in [-0.15, -0.1) is 0 Å². The van der Waals surface area contributed by atoms with Crippen LogP contribution < -0.4 is 18.9 Å². The third kappa shape index (κ3) is 4.17. The summed E-state index contributed by atoms with van der Waals surface area (Å²) in [7, 11) is 0. The molecule has 0 aliphatic carbocycles. The van der Waals surface area contributed by atoms with Crippen LogP contribution in [-0.4, -0.2) is 49.4 Å². The lowest BCUT2D eigenvalue weighted by atomic mass is 9.81. The summed E-state index contributed by atoms with van der Waals surface area (Å²) in [5.74, 6) is -1.98. The standard InChI is InChI=1S/C22H20O9/c1-12(24)27-9-16(22(26)14-3-5-18-20(7-14)31-11-29-18)15(8-23)21(25)13-2-4-17-19(6-13)30-10-28-17/h2-7,15-16,23H,8-11H2,1H3/t15-,16-/m0/s1. The highest BCUT2D eigenvalue weighted by Gasteiger charge is 2.36. The zero-order valence-electron chi connectivity index (χ0n) is 16.7. The zero-order chi connectivity index (χ0) is 22.0. The first kappa shape index (κ1) is 20.7. The Morgan fingerprint density at radius 2 is 1.32 bits per heavy atom. The molecule has 0 aromatic heterocycles. The number of aliphatic hydroxyl groups is 1. The van der Waals surface area contributed by atoms with E-state index >= 15 is 0 Å². The van der Waals surface area contributed by atoms with Crippen molar-refractivity contribution in [1.29, 1.82) is 0 Å². The molecule has 0 saturated heterocycles. The van der Waals surface area contributed by atoms with Crippen molar-refractivity contribution in [3.8, 4) is 23.0 Å². The molecule has 0 radical (unpaired) electrons. The van der Waals surface area contributed by atoms with Crippen LogP contribution in [0.3, 0.4) is 0 Å². The number of hydrogen-bond donors (Lipinski definition) is 1. The Morgan fingerprint density at radius 1 is 0.839 bits per heavy atom. The van der Waals surface area contributed by atoms with Gasteiger partial charge in [-0.3, -0.25) is 14.4 Å². The fourth-order valence-corrected chi connectivity index (χ4v) is 3.50. The minimum atomic E-state index is -1.14. The van der Waals surface area contributed by atoms with Gasteiger partial charge in [0.1, 0.15) is 6.61 Å². The summed E-state index contributed by atoms with van der Waals surface area (Å²) < 4.78 is 26.2. The van der Waals surface area contributed by atoms with E-state index in [0.717, 1.165) is 0 Å². The average Bonchev–Trinajstić information content (AvgIpc) is 3.43. The Bertz CT molecular complexity index is 1030. The van der Waals surface area contributed by atoms with Crippen LogP contribution in [0.1, 0.15) is 27.6 Å². The molecule has 0 amide bonds. The van der Waals surface area contributed by atoms with E-state index in [1.165, 1.54) is 31.2 Å². The SMILES string of the molecule is CC(=O)OC[C@H](C(=O)c1ccc2c(c1)OCO2)[C@H](CO)C(=O)c1ccc2c(c1)OCO2. The van der Waals surface area contributed by atoms with E-state index in [0.29, 0.717) is 23.0 Å².